The second-order valence-corrected chi connectivity index (χ2v) is 4.84. The van der Waals surface area contributed by atoms with Crippen molar-refractivity contribution in [3.8, 4) is 0 Å². The highest BCUT2D eigenvalue weighted by Gasteiger charge is 2.28. The molecule has 1 aliphatic heterocycles. The highest BCUT2D eigenvalue weighted by molar-refractivity contribution is 5.93. The fourth-order valence-electron chi connectivity index (χ4n) is 2.41. The first-order chi connectivity index (χ1) is 9.49. The zero-order valence-corrected chi connectivity index (χ0v) is 10.8. The molecule has 0 atom stereocenters. The normalized spacial score (nSPS) is 16.6. The minimum Gasteiger partial charge on any atom is -0.481 e. The van der Waals surface area contributed by atoms with Gasteiger partial charge in [-0.3, -0.25) is 9.59 Å². The second-order valence-electron chi connectivity index (χ2n) is 4.84. The Morgan fingerprint density at radius 3 is 2.55 bits per heavy atom. The van der Waals surface area contributed by atoms with Gasteiger partial charge in [0.2, 0.25) is 0 Å². The van der Waals surface area contributed by atoms with Crippen LogP contribution in [0.1, 0.15) is 23.3 Å². The number of hydrogen-bond acceptors (Lipinski definition) is 2. The molecule has 1 aromatic rings. The van der Waals surface area contributed by atoms with Gasteiger partial charge in [-0.15, -0.1) is 0 Å². The van der Waals surface area contributed by atoms with Crippen LogP contribution < -0.4 is 0 Å². The first kappa shape index (κ1) is 14.5. The van der Waals surface area contributed by atoms with Gasteiger partial charge in [-0.2, -0.15) is 0 Å². The summed E-state index contributed by atoms with van der Waals surface area (Å²) in [5, 5.41) is 8.90. The Morgan fingerprint density at radius 1 is 1.35 bits per heavy atom. The summed E-state index contributed by atoms with van der Waals surface area (Å²) < 4.78 is 26.1. The molecule has 7 heteroatoms. The summed E-state index contributed by atoms with van der Waals surface area (Å²) in [6.07, 6.45) is -0.275. The van der Waals surface area contributed by atoms with Gasteiger partial charge < -0.3 is 14.6 Å². The first-order valence-corrected chi connectivity index (χ1v) is 6.44. The summed E-state index contributed by atoms with van der Waals surface area (Å²) in [6.45, 7) is 0.172. The molecule has 1 amide bonds. The van der Waals surface area contributed by atoms with E-state index in [1.807, 2.05) is 0 Å². The number of amides is 1. The van der Waals surface area contributed by atoms with Gasteiger partial charge in [-0.1, -0.05) is 0 Å². The Balaban J connectivity index is 2.02. The molecule has 1 N–H and O–H groups in total. The van der Waals surface area contributed by atoms with Gasteiger partial charge in [0.15, 0.2) is 0 Å². The number of carbonyl (C=O) groups is 2. The third-order valence-corrected chi connectivity index (χ3v) is 3.51. The summed E-state index contributed by atoms with van der Waals surface area (Å²) in [5.41, 5.74) is 0.221. The summed E-state index contributed by atoms with van der Waals surface area (Å²) in [7, 11) is 0. The number of piperidine rings is 1. The van der Waals surface area contributed by atoms with Crippen LogP contribution in [0.25, 0.3) is 0 Å². The zero-order valence-electron chi connectivity index (χ0n) is 10.8. The fourth-order valence-corrected chi connectivity index (χ4v) is 2.41. The van der Waals surface area contributed by atoms with E-state index in [1.165, 1.54) is 21.7 Å². The largest absolute Gasteiger partial charge is 0.481 e. The van der Waals surface area contributed by atoms with Crippen LogP contribution in [0.4, 0.5) is 8.78 Å². The molecule has 0 spiro atoms. The Labute approximate surface area is 114 Å². The standard InChI is InChI=1S/C13H16F2N2O3/c14-11(15)8-17-5-1-2-10(17)12(18)16-6-3-9(4-7-16)13(19)20/h1-2,5,9,11H,3-4,6-8H2,(H,19,20). The molecule has 0 unspecified atom stereocenters. The van der Waals surface area contributed by atoms with Crippen LogP contribution in [0.5, 0.6) is 0 Å². The van der Waals surface area contributed by atoms with Crippen LogP contribution in [0.2, 0.25) is 0 Å². The summed E-state index contributed by atoms with van der Waals surface area (Å²) in [5.74, 6) is -1.59. The van der Waals surface area contributed by atoms with Crippen molar-refractivity contribution in [1.29, 1.82) is 0 Å². The number of carboxylic acids is 1. The third-order valence-electron chi connectivity index (χ3n) is 3.51. The molecule has 5 nitrogen and oxygen atoms in total. The fraction of sp³-hybridized carbons (Fsp3) is 0.538. The SMILES string of the molecule is O=C(O)C1CCN(C(=O)c2cccn2CC(F)F)CC1. The van der Waals surface area contributed by atoms with Crippen molar-refractivity contribution in [3.05, 3.63) is 24.0 Å². The van der Waals surface area contributed by atoms with E-state index in [0.29, 0.717) is 25.9 Å². The molecule has 0 bridgehead atoms. The second kappa shape index (κ2) is 6.02. The smallest absolute Gasteiger partial charge is 0.306 e. The number of likely N-dealkylation sites (tertiary alicyclic amines) is 1. The molecule has 110 valence electrons. The Hall–Kier alpha value is -1.92. The predicted octanol–water partition coefficient (Wildman–Crippen LogP) is 1.69. The third kappa shape index (κ3) is 3.15. The summed E-state index contributed by atoms with van der Waals surface area (Å²) in [4.78, 5) is 24.6. The monoisotopic (exact) mass is 286 g/mol. The van der Waals surface area contributed by atoms with Crippen LogP contribution in [-0.4, -0.2) is 46.0 Å². The average Bonchev–Trinajstić information content (AvgIpc) is 2.85. The molecule has 2 rings (SSSR count). The lowest BCUT2D eigenvalue weighted by Crippen LogP contribution is -2.41. The lowest BCUT2D eigenvalue weighted by molar-refractivity contribution is -0.143. The van der Waals surface area contributed by atoms with E-state index in [0.717, 1.165) is 0 Å². The highest BCUT2D eigenvalue weighted by atomic mass is 19.3. The molecule has 2 heterocycles. The summed E-state index contributed by atoms with van der Waals surface area (Å²) >= 11 is 0. The Kier molecular flexibility index (Phi) is 4.36. The van der Waals surface area contributed by atoms with Crippen LogP contribution in [0, 0.1) is 5.92 Å². The lowest BCUT2D eigenvalue weighted by atomic mass is 9.97. The topological polar surface area (TPSA) is 62.5 Å². The molecular weight excluding hydrogens is 270 g/mol. The summed E-state index contributed by atoms with van der Waals surface area (Å²) in [6, 6.07) is 3.06. The highest BCUT2D eigenvalue weighted by Crippen LogP contribution is 2.19. The van der Waals surface area contributed by atoms with E-state index in [9.17, 15) is 18.4 Å². The zero-order chi connectivity index (χ0) is 14.7. The molecule has 0 radical (unpaired) electrons. The Morgan fingerprint density at radius 2 is 2.00 bits per heavy atom. The van der Waals surface area contributed by atoms with E-state index < -0.39 is 24.9 Å². The Bertz CT molecular complexity index is 494. The molecule has 0 saturated carbocycles. The van der Waals surface area contributed by atoms with Crippen LogP contribution in [-0.2, 0) is 11.3 Å². The van der Waals surface area contributed by atoms with Gasteiger partial charge >= 0.3 is 5.97 Å². The maximum Gasteiger partial charge on any atom is 0.306 e. The van der Waals surface area contributed by atoms with Gasteiger partial charge in [0.1, 0.15) is 5.69 Å². The molecule has 0 aromatic carbocycles. The van der Waals surface area contributed by atoms with Gasteiger partial charge in [0, 0.05) is 19.3 Å². The van der Waals surface area contributed by atoms with Crippen molar-refractivity contribution in [1.82, 2.24) is 9.47 Å². The first-order valence-electron chi connectivity index (χ1n) is 6.44. The van der Waals surface area contributed by atoms with E-state index in [-0.39, 0.29) is 11.6 Å². The van der Waals surface area contributed by atoms with E-state index in [2.05, 4.69) is 0 Å². The minimum absolute atomic E-state index is 0.221. The van der Waals surface area contributed by atoms with E-state index >= 15 is 0 Å². The van der Waals surface area contributed by atoms with E-state index in [4.69, 9.17) is 5.11 Å². The van der Waals surface area contributed by atoms with Crippen LogP contribution >= 0.6 is 0 Å². The van der Waals surface area contributed by atoms with Crippen molar-refractivity contribution in [2.75, 3.05) is 13.1 Å². The maximum absolute atomic E-state index is 12.4. The van der Waals surface area contributed by atoms with Crippen molar-refractivity contribution in [2.45, 2.75) is 25.8 Å². The molecule has 20 heavy (non-hydrogen) atoms. The molecule has 1 aliphatic rings. The van der Waals surface area contributed by atoms with Gasteiger partial charge in [0.25, 0.3) is 12.3 Å². The number of rotatable bonds is 4. The van der Waals surface area contributed by atoms with Crippen molar-refractivity contribution in [3.63, 3.8) is 0 Å². The number of hydrogen-bond donors (Lipinski definition) is 1. The number of alkyl halides is 2. The lowest BCUT2D eigenvalue weighted by Gasteiger charge is -2.30. The van der Waals surface area contributed by atoms with Crippen molar-refractivity contribution < 1.29 is 23.5 Å². The number of aliphatic carboxylic acids is 1. The number of carbonyl (C=O) groups excluding carboxylic acids is 1. The molecule has 0 aliphatic carbocycles. The van der Waals surface area contributed by atoms with Crippen LogP contribution in [0.3, 0.4) is 0 Å². The maximum atomic E-state index is 12.4. The molecule has 1 fully saturated rings. The quantitative estimate of drug-likeness (QED) is 0.916. The van der Waals surface area contributed by atoms with Gasteiger partial charge in [0.05, 0.1) is 12.5 Å². The van der Waals surface area contributed by atoms with Crippen molar-refractivity contribution >= 4 is 11.9 Å². The van der Waals surface area contributed by atoms with Gasteiger partial charge in [-0.25, -0.2) is 8.78 Å². The minimum atomic E-state index is -2.52. The molecular formula is C13H16F2N2O3. The van der Waals surface area contributed by atoms with E-state index in [1.54, 1.807) is 6.07 Å². The van der Waals surface area contributed by atoms with Crippen LogP contribution in [0.15, 0.2) is 18.3 Å². The number of nitrogens with zero attached hydrogens (tertiary/aromatic N) is 2. The van der Waals surface area contributed by atoms with Crippen molar-refractivity contribution in [2.24, 2.45) is 5.92 Å². The predicted molar refractivity (Wildman–Crippen MR) is 66.7 cm³/mol. The number of aromatic nitrogens is 1. The number of halogens is 2. The number of carboxylic acid groups (broad SMARTS) is 1. The average molecular weight is 286 g/mol. The van der Waals surface area contributed by atoms with Gasteiger partial charge in [-0.05, 0) is 25.0 Å². The molecule has 1 aromatic heterocycles. The molecule has 1 saturated heterocycles.